The zero-order chi connectivity index (χ0) is 21.4. The van der Waals surface area contributed by atoms with E-state index in [2.05, 4.69) is 15.0 Å². The first kappa shape index (κ1) is 20.5. The largest absolute Gasteiger partial charge is 0.346 e. The van der Waals surface area contributed by atoms with Crippen LogP contribution in [0.5, 0.6) is 0 Å². The molecule has 31 heavy (non-hydrogen) atoms. The van der Waals surface area contributed by atoms with Crippen LogP contribution in [0.15, 0.2) is 41.9 Å². The maximum atomic E-state index is 13.3. The number of benzene rings is 1. The Hall–Kier alpha value is -2.42. The number of thiophene rings is 1. The highest BCUT2D eigenvalue weighted by Gasteiger charge is 2.24. The van der Waals surface area contributed by atoms with Crippen molar-refractivity contribution < 1.29 is 4.79 Å². The second kappa shape index (κ2) is 8.61. The molecule has 1 amide bonds. The molecule has 1 aliphatic rings. The first-order valence-corrected chi connectivity index (χ1v) is 12.3. The third kappa shape index (κ3) is 4.07. The number of halogens is 1. The van der Waals surface area contributed by atoms with Crippen molar-refractivity contribution in [3.63, 3.8) is 0 Å². The first-order valence-electron chi connectivity index (χ1n) is 10.2. The van der Waals surface area contributed by atoms with Gasteiger partial charge < -0.3 is 9.80 Å². The number of fused-ring (bicyclic) bond motifs is 1. The predicted octanol–water partition coefficient (Wildman–Crippen LogP) is 4.92. The zero-order valence-corrected chi connectivity index (χ0v) is 19.5. The van der Waals surface area contributed by atoms with Crippen molar-refractivity contribution in [3.05, 3.63) is 63.1 Å². The monoisotopic (exact) mass is 471 g/mol. The molecule has 160 valence electrons. The second-order valence-electron chi connectivity index (χ2n) is 7.61. The average Bonchev–Trinajstić information content (AvgIpc) is 3.46. The maximum absolute atomic E-state index is 13.3. The Kier molecular flexibility index (Phi) is 5.69. The van der Waals surface area contributed by atoms with Gasteiger partial charge in [-0.15, -0.1) is 22.7 Å². The molecule has 0 atom stereocenters. The number of rotatable bonds is 4. The van der Waals surface area contributed by atoms with Crippen molar-refractivity contribution in [3.8, 4) is 0 Å². The minimum Gasteiger partial charge on any atom is -0.346 e. The molecule has 4 heterocycles. The van der Waals surface area contributed by atoms with E-state index >= 15 is 0 Å². The fourth-order valence-electron chi connectivity index (χ4n) is 3.95. The number of hydrogen-bond acceptors (Lipinski definition) is 6. The lowest BCUT2D eigenvalue weighted by molar-refractivity contribution is 0.0772. The highest BCUT2D eigenvalue weighted by atomic mass is 35.5. The number of hydrogen-bond donors (Lipinski definition) is 0. The molecule has 5 rings (SSSR count). The molecule has 3 aromatic heterocycles. The molecule has 1 fully saturated rings. The van der Waals surface area contributed by atoms with Gasteiger partial charge in [-0.1, -0.05) is 29.8 Å². The third-order valence-electron chi connectivity index (χ3n) is 5.57. The van der Waals surface area contributed by atoms with Crippen LogP contribution < -0.4 is 4.90 Å². The minimum absolute atomic E-state index is 0.103. The van der Waals surface area contributed by atoms with E-state index in [-0.39, 0.29) is 5.91 Å². The summed E-state index contributed by atoms with van der Waals surface area (Å²) in [6, 6.07) is 9.80. The quantitative estimate of drug-likeness (QED) is 0.424. The van der Waals surface area contributed by atoms with E-state index in [0.29, 0.717) is 13.1 Å². The Morgan fingerprint density at radius 1 is 1.19 bits per heavy atom. The van der Waals surface area contributed by atoms with E-state index in [0.717, 1.165) is 62.6 Å². The molecule has 1 saturated heterocycles. The summed E-state index contributed by atoms with van der Waals surface area (Å²) in [4.78, 5) is 23.7. The fourth-order valence-corrected chi connectivity index (χ4v) is 5.97. The van der Waals surface area contributed by atoms with Crippen LogP contribution in [0.1, 0.15) is 27.3 Å². The number of aryl methyl sites for hydroxylation is 1. The standard InChI is InChI=1S/C22H22ClN5OS2/c1-15-17-13-19(31-21(17)28(25-15)14-16-5-2-3-6-18(16)23)20(29)26-8-4-9-27(11-10-26)22-24-7-12-30-22/h2-3,5-7,12-13H,4,8-11,14H2,1H3. The van der Waals surface area contributed by atoms with E-state index in [4.69, 9.17) is 11.6 Å². The molecule has 0 spiro atoms. The number of anilines is 1. The van der Waals surface area contributed by atoms with Gasteiger partial charge in [0.2, 0.25) is 0 Å². The number of aromatic nitrogens is 3. The third-order valence-corrected chi connectivity index (χ3v) is 7.91. The van der Waals surface area contributed by atoms with Crippen molar-refractivity contribution in [2.75, 3.05) is 31.1 Å². The van der Waals surface area contributed by atoms with Crippen LogP contribution >= 0.6 is 34.3 Å². The number of carbonyl (C=O) groups is 1. The molecule has 9 heteroatoms. The van der Waals surface area contributed by atoms with Crippen molar-refractivity contribution in [2.24, 2.45) is 0 Å². The van der Waals surface area contributed by atoms with Crippen molar-refractivity contribution in [1.82, 2.24) is 19.7 Å². The minimum atomic E-state index is 0.103. The molecule has 0 bridgehead atoms. The lowest BCUT2D eigenvalue weighted by atomic mass is 10.2. The van der Waals surface area contributed by atoms with Crippen LogP contribution in [0.25, 0.3) is 10.2 Å². The second-order valence-corrected chi connectivity index (χ2v) is 9.92. The van der Waals surface area contributed by atoms with E-state index in [9.17, 15) is 4.79 Å². The van der Waals surface area contributed by atoms with Gasteiger partial charge in [0.15, 0.2) is 5.13 Å². The molecule has 0 aliphatic carbocycles. The zero-order valence-electron chi connectivity index (χ0n) is 17.1. The van der Waals surface area contributed by atoms with Crippen molar-refractivity contribution >= 4 is 55.5 Å². The summed E-state index contributed by atoms with van der Waals surface area (Å²) in [5, 5.41) is 9.48. The van der Waals surface area contributed by atoms with Crippen LogP contribution in [-0.2, 0) is 6.54 Å². The van der Waals surface area contributed by atoms with Crippen LogP contribution in [0.2, 0.25) is 5.02 Å². The van der Waals surface area contributed by atoms with Crippen LogP contribution in [-0.4, -0.2) is 51.8 Å². The summed E-state index contributed by atoms with van der Waals surface area (Å²) in [6.45, 7) is 5.78. The Balaban J connectivity index is 1.36. The molecule has 6 nitrogen and oxygen atoms in total. The number of amides is 1. The molecule has 0 unspecified atom stereocenters. The average molecular weight is 472 g/mol. The van der Waals surface area contributed by atoms with E-state index in [1.165, 1.54) is 11.3 Å². The Labute approximate surface area is 193 Å². The van der Waals surface area contributed by atoms with Crippen LogP contribution in [0, 0.1) is 6.92 Å². The maximum Gasteiger partial charge on any atom is 0.264 e. The summed E-state index contributed by atoms with van der Waals surface area (Å²) in [5.41, 5.74) is 1.95. The number of nitrogens with zero attached hydrogens (tertiary/aromatic N) is 5. The number of thiazole rings is 1. The Bertz CT molecular complexity index is 1220. The smallest absolute Gasteiger partial charge is 0.264 e. The molecule has 1 aliphatic heterocycles. The molecular formula is C22H22ClN5OS2. The molecule has 4 aromatic rings. The lowest BCUT2D eigenvalue weighted by Gasteiger charge is -2.21. The summed E-state index contributed by atoms with van der Waals surface area (Å²) < 4.78 is 1.96. The number of carbonyl (C=O) groups excluding carboxylic acids is 1. The fraction of sp³-hybridized carbons (Fsp3) is 0.318. The van der Waals surface area contributed by atoms with Gasteiger partial charge in [0.25, 0.3) is 5.91 Å². The van der Waals surface area contributed by atoms with Crippen LogP contribution in [0.3, 0.4) is 0 Å². The van der Waals surface area contributed by atoms with Gasteiger partial charge >= 0.3 is 0 Å². The summed E-state index contributed by atoms with van der Waals surface area (Å²) >= 11 is 9.51. The van der Waals surface area contributed by atoms with Gasteiger partial charge in [-0.2, -0.15) is 5.10 Å². The Morgan fingerprint density at radius 2 is 2.06 bits per heavy atom. The van der Waals surface area contributed by atoms with Crippen molar-refractivity contribution in [2.45, 2.75) is 19.9 Å². The van der Waals surface area contributed by atoms with Gasteiger partial charge in [0.05, 0.1) is 17.1 Å². The lowest BCUT2D eigenvalue weighted by Crippen LogP contribution is -2.34. The van der Waals surface area contributed by atoms with E-state index < -0.39 is 0 Å². The SMILES string of the molecule is Cc1nn(Cc2ccccc2Cl)c2sc(C(=O)N3CCCN(c4nccs4)CC3)cc12. The topological polar surface area (TPSA) is 54.3 Å². The summed E-state index contributed by atoms with van der Waals surface area (Å²) in [6.07, 6.45) is 2.77. The molecule has 0 radical (unpaired) electrons. The normalized spacial score (nSPS) is 14.9. The van der Waals surface area contributed by atoms with Crippen molar-refractivity contribution in [1.29, 1.82) is 0 Å². The predicted molar refractivity (Wildman–Crippen MR) is 128 cm³/mol. The van der Waals surface area contributed by atoms with Gasteiger partial charge in [0.1, 0.15) is 4.83 Å². The van der Waals surface area contributed by atoms with E-state index in [1.54, 1.807) is 11.3 Å². The molecular weight excluding hydrogens is 450 g/mol. The summed E-state index contributed by atoms with van der Waals surface area (Å²) in [5.74, 6) is 0.103. The molecule has 0 N–H and O–H groups in total. The van der Waals surface area contributed by atoms with Gasteiger partial charge in [-0.05, 0) is 31.0 Å². The summed E-state index contributed by atoms with van der Waals surface area (Å²) in [7, 11) is 0. The first-order chi connectivity index (χ1) is 15.1. The van der Waals surface area contributed by atoms with Gasteiger partial charge in [-0.25, -0.2) is 4.98 Å². The molecule has 0 saturated carbocycles. The van der Waals surface area contributed by atoms with E-state index in [1.807, 2.05) is 58.4 Å². The van der Waals surface area contributed by atoms with Gasteiger partial charge in [0, 0.05) is 48.2 Å². The Morgan fingerprint density at radius 3 is 2.87 bits per heavy atom. The highest BCUT2D eigenvalue weighted by Crippen LogP contribution is 2.31. The van der Waals surface area contributed by atoms with Crippen LogP contribution in [0.4, 0.5) is 5.13 Å². The molecule has 1 aromatic carbocycles. The van der Waals surface area contributed by atoms with Gasteiger partial charge in [-0.3, -0.25) is 9.48 Å². The highest BCUT2D eigenvalue weighted by molar-refractivity contribution is 7.20.